The monoisotopic (exact) mass is 457 g/mol. The molecule has 1 amide bonds. The highest BCUT2D eigenvalue weighted by Gasteiger charge is 2.31. The van der Waals surface area contributed by atoms with Crippen LogP contribution in [0.4, 0.5) is 5.69 Å². The van der Waals surface area contributed by atoms with Gasteiger partial charge in [-0.25, -0.2) is 4.98 Å². The van der Waals surface area contributed by atoms with Crippen LogP contribution >= 0.6 is 11.3 Å². The topological polar surface area (TPSA) is 64.6 Å². The highest BCUT2D eigenvalue weighted by Crippen LogP contribution is 2.38. The second-order valence-electron chi connectivity index (χ2n) is 7.70. The van der Waals surface area contributed by atoms with Gasteiger partial charge in [0.1, 0.15) is 16.5 Å². The van der Waals surface area contributed by atoms with E-state index in [9.17, 15) is 4.79 Å². The largest absolute Gasteiger partial charge is 0.494 e. The molecule has 7 heteroatoms. The molecule has 166 valence electrons. The van der Waals surface area contributed by atoms with Gasteiger partial charge in [-0.15, -0.1) is 11.3 Å². The number of anilines is 1. The van der Waals surface area contributed by atoms with Crippen LogP contribution in [0, 0.1) is 0 Å². The van der Waals surface area contributed by atoms with Gasteiger partial charge >= 0.3 is 0 Å². The van der Waals surface area contributed by atoms with Crippen LogP contribution in [0.25, 0.3) is 22.0 Å². The van der Waals surface area contributed by atoms with Crippen molar-refractivity contribution < 1.29 is 14.3 Å². The van der Waals surface area contributed by atoms with Crippen molar-refractivity contribution in [2.24, 2.45) is 0 Å². The standard InChI is InChI=1S/C26H23N3O3S/c1-18-26(30)29(14-7-15-31-20-8-3-2-4-9-20)23-16-19(11-12-24(23)32-18)22-17-33-25(28-22)21-10-5-6-13-27-21/h2-6,8-13,16-18H,7,14-15H2,1H3. The summed E-state index contributed by atoms with van der Waals surface area (Å²) in [6, 6.07) is 21.4. The zero-order chi connectivity index (χ0) is 22.6. The first kappa shape index (κ1) is 21.2. The predicted octanol–water partition coefficient (Wildman–Crippen LogP) is 5.46. The molecule has 0 saturated carbocycles. The van der Waals surface area contributed by atoms with Gasteiger partial charge in [0.2, 0.25) is 0 Å². The lowest BCUT2D eigenvalue weighted by molar-refractivity contribution is -0.125. The Kier molecular flexibility index (Phi) is 6.04. The average Bonchev–Trinajstić information content (AvgIpc) is 3.35. The second-order valence-corrected chi connectivity index (χ2v) is 8.56. The van der Waals surface area contributed by atoms with Crippen molar-refractivity contribution in [1.82, 2.24) is 9.97 Å². The fourth-order valence-corrected chi connectivity index (χ4v) is 4.54. The molecule has 5 rings (SSSR count). The van der Waals surface area contributed by atoms with Gasteiger partial charge in [0.15, 0.2) is 6.10 Å². The van der Waals surface area contributed by atoms with Crippen LogP contribution in [-0.2, 0) is 4.79 Å². The Morgan fingerprint density at radius 3 is 2.73 bits per heavy atom. The molecule has 1 aliphatic rings. The normalized spacial score (nSPS) is 15.1. The second kappa shape index (κ2) is 9.42. The number of carbonyl (C=O) groups is 1. The summed E-state index contributed by atoms with van der Waals surface area (Å²) in [5, 5.41) is 2.87. The van der Waals surface area contributed by atoms with Gasteiger partial charge in [0, 0.05) is 23.7 Å². The summed E-state index contributed by atoms with van der Waals surface area (Å²) in [5.74, 6) is 1.48. The predicted molar refractivity (Wildman–Crippen MR) is 130 cm³/mol. The first-order chi connectivity index (χ1) is 16.2. The van der Waals surface area contributed by atoms with Crippen LogP contribution in [0.3, 0.4) is 0 Å². The van der Waals surface area contributed by atoms with E-state index in [0.29, 0.717) is 25.3 Å². The molecule has 2 aromatic heterocycles. The maximum atomic E-state index is 12.9. The Balaban J connectivity index is 1.35. The van der Waals surface area contributed by atoms with E-state index in [4.69, 9.17) is 14.5 Å². The lowest BCUT2D eigenvalue weighted by Gasteiger charge is -2.33. The van der Waals surface area contributed by atoms with Gasteiger partial charge in [-0.3, -0.25) is 9.78 Å². The molecule has 0 spiro atoms. The third-order valence-corrected chi connectivity index (χ3v) is 6.25. The molecule has 1 atom stereocenters. The summed E-state index contributed by atoms with van der Waals surface area (Å²) in [5.41, 5.74) is 3.40. The van der Waals surface area contributed by atoms with Crippen molar-refractivity contribution >= 4 is 22.9 Å². The lowest BCUT2D eigenvalue weighted by Crippen LogP contribution is -2.45. The van der Waals surface area contributed by atoms with E-state index in [1.165, 1.54) is 0 Å². The molecule has 2 aromatic carbocycles. The van der Waals surface area contributed by atoms with Crippen molar-refractivity contribution in [3.8, 4) is 33.5 Å². The molecule has 0 bridgehead atoms. The molecule has 0 radical (unpaired) electrons. The number of pyridine rings is 1. The number of thiazole rings is 1. The fraction of sp³-hybridized carbons (Fsp3) is 0.192. The minimum atomic E-state index is -0.520. The number of para-hydroxylation sites is 1. The molecular formula is C26H23N3O3S. The first-order valence-corrected chi connectivity index (χ1v) is 11.7. The number of aromatic nitrogens is 2. The maximum Gasteiger partial charge on any atom is 0.267 e. The van der Waals surface area contributed by atoms with Crippen molar-refractivity contribution in [1.29, 1.82) is 0 Å². The Hall–Kier alpha value is -3.71. The Bertz CT molecular complexity index is 1240. The highest BCUT2D eigenvalue weighted by atomic mass is 32.1. The quantitative estimate of drug-likeness (QED) is 0.345. The van der Waals surface area contributed by atoms with Crippen molar-refractivity contribution in [2.45, 2.75) is 19.4 Å². The molecule has 1 unspecified atom stereocenters. The number of rotatable bonds is 7. The molecule has 0 N–H and O–H groups in total. The molecule has 1 aliphatic heterocycles. The van der Waals surface area contributed by atoms with Gasteiger partial charge in [0.25, 0.3) is 5.91 Å². The minimum absolute atomic E-state index is 0.0492. The van der Waals surface area contributed by atoms with Gasteiger partial charge < -0.3 is 14.4 Å². The SMILES string of the molecule is CC1Oc2ccc(-c3csc(-c4ccccn4)n3)cc2N(CCCOc2ccccc2)C1=O. The number of amides is 1. The number of ether oxygens (including phenoxy) is 2. The number of nitrogens with zero attached hydrogens (tertiary/aromatic N) is 3. The zero-order valence-corrected chi connectivity index (χ0v) is 19.0. The molecule has 33 heavy (non-hydrogen) atoms. The Morgan fingerprint density at radius 2 is 1.91 bits per heavy atom. The fourth-order valence-electron chi connectivity index (χ4n) is 3.74. The van der Waals surface area contributed by atoms with E-state index < -0.39 is 6.10 Å². The molecule has 0 fully saturated rings. The maximum absolute atomic E-state index is 12.9. The summed E-state index contributed by atoms with van der Waals surface area (Å²) < 4.78 is 11.7. The number of hydrogen-bond acceptors (Lipinski definition) is 6. The van der Waals surface area contributed by atoms with Gasteiger partial charge in [-0.05, 0) is 55.8 Å². The summed E-state index contributed by atoms with van der Waals surface area (Å²) >= 11 is 1.55. The molecule has 0 saturated heterocycles. The van der Waals surface area contributed by atoms with Crippen LogP contribution in [0.1, 0.15) is 13.3 Å². The third kappa shape index (κ3) is 4.59. The van der Waals surface area contributed by atoms with Crippen molar-refractivity contribution in [3.05, 3.63) is 78.3 Å². The average molecular weight is 458 g/mol. The Morgan fingerprint density at radius 1 is 1.06 bits per heavy atom. The van der Waals surface area contributed by atoms with E-state index >= 15 is 0 Å². The molecule has 6 nitrogen and oxygen atoms in total. The summed E-state index contributed by atoms with van der Waals surface area (Å²) in [7, 11) is 0. The van der Waals surface area contributed by atoms with E-state index in [0.717, 1.165) is 33.4 Å². The Labute approximate surface area is 196 Å². The number of benzene rings is 2. The van der Waals surface area contributed by atoms with Crippen LogP contribution in [0.15, 0.2) is 78.3 Å². The number of hydrogen-bond donors (Lipinski definition) is 0. The third-order valence-electron chi connectivity index (χ3n) is 5.39. The van der Waals surface area contributed by atoms with Crippen LogP contribution in [-0.4, -0.2) is 35.1 Å². The summed E-state index contributed by atoms with van der Waals surface area (Å²) in [4.78, 5) is 23.9. The molecule has 3 heterocycles. The van der Waals surface area contributed by atoms with Crippen LogP contribution in [0.5, 0.6) is 11.5 Å². The van der Waals surface area contributed by atoms with Crippen molar-refractivity contribution in [2.75, 3.05) is 18.1 Å². The van der Waals surface area contributed by atoms with Gasteiger partial charge in [-0.2, -0.15) is 0 Å². The van der Waals surface area contributed by atoms with Crippen molar-refractivity contribution in [3.63, 3.8) is 0 Å². The molecule has 0 aliphatic carbocycles. The summed E-state index contributed by atoms with van der Waals surface area (Å²) in [6.07, 6.45) is 1.95. The molecular weight excluding hydrogens is 434 g/mol. The van der Waals surface area contributed by atoms with E-state index in [1.807, 2.05) is 72.1 Å². The van der Waals surface area contributed by atoms with Crippen LogP contribution in [0.2, 0.25) is 0 Å². The highest BCUT2D eigenvalue weighted by molar-refractivity contribution is 7.13. The first-order valence-electron chi connectivity index (χ1n) is 10.9. The van der Waals surface area contributed by atoms with Gasteiger partial charge in [0.05, 0.1) is 23.7 Å². The van der Waals surface area contributed by atoms with Gasteiger partial charge in [-0.1, -0.05) is 24.3 Å². The van der Waals surface area contributed by atoms with E-state index in [-0.39, 0.29) is 5.91 Å². The van der Waals surface area contributed by atoms with E-state index in [2.05, 4.69) is 4.98 Å². The van der Waals surface area contributed by atoms with E-state index in [1.54, 1.807) is 29.4 Å². The molecule has 4 aromatic rings. The summed E-state index contributed by atoms with van der Waals surface area (Å²) in [6.45, 7) is 2.86. The lowest BCUT2D eigenvalue weighted by atomic mass is 10.1. The zero-order valence-electron chi connectivity index (χ0n) is 18.2. The number of fused-ring (bicyclic) bond motifs is 1. The number of carbonyl (C=O) groups excluding carboxylic acids is 1. The minimum Gasteiger partial charge on any atom is -0.494 e. The van der Waals surface area contributed by atoms with Crippen LogP contribution < -0.4 is 14.4 Å². The smallest absolute Gasteiger partial charge is 0.267 e.